The molecule has 0 saturated carbocycles. The van der Waals surface area contributed by atoms with E-state index in [1.54, 1.807) is 11.8 Å². The van der Waals surface area contributed by atoms with Crippen LogP contribution in [0.5, 0.6) is 11.5 Å². The number of fused-ring (bicyclic) bond motifs is 1. The lowest BCUT2D eigenvalue weighted by molar-refractivity contribution is -0.115. The molecule has 112 valence electrons. The van der Waals surface area contributed by atoms with Gasteiger partial charge in [0.25, 0.3) is 0 Å². The molecule has 2 aliphatic rings. The highest BCUT2D eigenvalue weighted by Gasteiger charge is 2.35. The molecule has 1 unspecified atom stereocenters. The molecule has 0 bridgehead atoms. The summed E-state index contributed by atoms with van der Waals surface area (Å²) < 4.78 is 10.8. The first-order chi connectivity index (χ1) is 10.7. The smallest absolute Gasteiger partial charge is 0.238 e. The standard InChI is InChI=1S/C17H15NO3S/c1-11-4-2-3-5-13(11)18-16(19)9-22-17(18)12-6-7-14-15(8-12)21-10-20-14/h2-8,17H,9-10H2,1H3. The van der Waals surface area contributed by atoms with E-state index in [1.807, 2.05) is 54.3 Å². The summed E-state index contributed by atoms with van der Waals surface area (Å²) in [4.78, 5) is 14.3. The van der Waals surface area contributed by atoms with E-state index in [0.717, 1.165) is 28.3 Å². The van der Waals surface area contributed by atoms with Gasteiger partial charge >= 0.3 is 0 Å². The maximum absolute atomic E-state index is 12.4. The van der Waals surface area contributed by atoms with Crippen LogP contribution >= 0.6 is 11.8 Å². The first-order valence-corrected chi connectivity index (χ1v) is 8.18. The number of aryl methyl sites for hydroxylation is 1. The molecule has 2 aliphatic heterocycles. The molecule has 5 heteroatoms. The zero-order chi connectivity index (χ0) is 15.1. The summed E-state index contributed by atoms with van der Waals surface area (Å²) in [5, 5.41) is -0.0249. The van der Waals surface area contributed by atoms with Crippen molar-refractivity contribution in [3.63, 3.8) is 0 Å². The van der Waals surface area contributed by atoms with Crippen molar-refractivity contribution in [1.29, 1.82) is 0 Å². The quantitative estimate of drug-likeness (QED) is 0.850. The van der Waals surface area contributed by atoms with Gasteiger partial charge in [0.2, 0.25) is 12.7 Å². The van der Waals surface area contributed by atoms with Crippen molar-refractivity contribution in [1.82, 2.24) is 0 Å². The molecule has 2 aromatic carbocycles. The third-order valence-electron chi connectivity index (χ3n) is 3.92. The summed E-state index contributed by atoms with van der Waals surface area (Å²) in [6, 6.07) is 13.9. The lowest BCUT2D eigenvalue weighted by atomic mass is 10.1. The Bertz CT molecular complexity index is 746. The van der Waals surface area contributed by atoms with Gasteiger partial charge < -0.3 is 9.47 Å². The van der Waals surface area contributed by atoms with Crippen LogP contribution in [0.15, 0.2) is 42.5 Å². The van der Waals surface area contributed by atoms with Crippen LogP contribution in [0.2, 0.25) is 0 Å². The van der Waals surface area contributed by atoms with Gasteiger partial charge in [-0.05, 0) is 36.2 Å². The molecule has 0 spiro atoms. The summed E-state index contributed by atoms with van der Waals surface area (Å²) in [6.07, 6.45) is 0. The molecular weight excluding hydrogens is 298 g/mol. The third kappa shape index (κ3) is 2.13. The van der Waals surface area contributed by atoms with Gasteiger partial charge in [-0.25, -0.2) is 0 Å². The van der Waals surface area contributed by atoms with E-state index in [-0.39, 0.29) is 18.1 Å². The Morgan fingerprint density at radius 3 is 2.82 bits per heavy atom. The van der Waals surface area contributed by atoms with Crippen LogP contribution in [0.3, 0.4) is 0 Å². The fraction of sp³-hybridized carbons (Fsp3) is 0.235. The van der Waals surface area contributed by atoms with Gasteiger partial charge in [-0.1, -0.05) is 24.3 Å². The third-order valence-corrected chi connectivity index (χ3v) is 5.14. The summed E-state index contributed by atoms with van der Waals surface area (Å²) in [7, 11) is 0. The predicted octanol–water partition coefficient (Wildman–Crippen LogP) is 3.50. The van der Waals surface area contributed by atoms with Crippen molar-refractivity contribution in [2.45, 2.75) is 12.3 Å². The Kier molecular flexibility index (Phi) is 3.22. The molecule has 4 rings (SSSR count). The molecule has 1 saturated heterocycles. The zero-order valence-corrected chi connectivity index (χ0v) is 12.9. The molecule has 0 aromatic heterocycles. The number of hydrogen-bond donors (Lipinski definition) is 0. The average molecular weight is 313 g/mol. The van der Waals surface area contributed by atoms with Crippen molar-refractivity contribution < 1.29 is 14.3 Å². The number of ether oxygens (including phenoxy) is 2. The second-order valence-electron chi connectivity index (χ2n) is 5.33. The monoisotopic (exact) mass is 313 g/mol. The van der Waals surface area contributed by atoms with E-state index in [1.165, 1.54) is 0 Å². The minimum atomic E-state index is -0.0249. The van der Waals surface area contributed by atoms with Crippen molar-refractivity contribution in [3.8, 4) is 11.5 Å². The van der Waals surface area contributed by atoms with E-state index < -0.39 is 0 Å². The van der Waals surface area contributed by atoms with Crippen molar-refractivity contribution >= 4 is 23.4 Å². The Labute approximate surface area is 133 Å². The fourth-order valence-electron chi connectivity index (χ4n) is 2.83. The number of para-hydroxylation sites is 1. The minimum absolute atomic E-state index is 0.0249. The Morgan fingerprint density at radius 2 is 1.95 bits per heavy atom. The lowest BCUT2D eigenvalue weighted by Crippen LogP contribution is -2.28. The number of anilines is 1. The number of hydrogen-bond acceptors (Lipinski definition) is 4. The van der Waals surface area contributed by atoms with Crippen LogP contribution in [-0.4, -0.2) is 18.5 Å². The average Bonchev–Trinajstić information content (AvgIpc) is 3.13. The maximum Gasteiger partial charge on any atom is 0.238 e. The Hall–Kier alpha value is -2.14. The van der Waals surface area contributed by atoms with Crippen LogP contribution in [0.25, 0.3) is 0 Å². The molecule has 1 amide bonds. The van der Waals surface area contributed by atoms with Gasteiger partial charge in [0.15, 0.2) is 11.5 Å². The van der Waals surface area contributed by atoms with Gasteiger partial charge in [-0.2, -0.15) is 0 Å². The Balaban J connectivity index is 1.74. The van der Waals surface area contributed by atoms with Gasteiger partial charge in [0.05, 0.1) is 5.75 Å². The van der Waals surface area contributed by atoms with Crippen LogP contribution < -0.4 is 14.4 Å². The normalized spacial score (nSPS) is 19.8. The highest BCUT2D eigenvalue weighted by Crippen LogP contribution is 2.45. The first-order valence-electron chi connectivity index (χ1n) is 7.13. The van der Waals surface area contributed by atoms with Crippen LogP contribution in [0.1, 0.15) is 16.5 Å². The van der Waals surface area contributed by atoms with Crippen LogP contribution in [0.4, 0.5) is 5.69 Å². The summed E-state index contributed by atoms with van der Waals surface area (Å²) in [5.74, 6) is 2.15. The van der Waals surface area contributed by atoms with E-state index in [4.69, 9.17) is 9.47 Å². The van der Waals surface area contributed by atoms with Crippen molar-refractivity contribution in [3.05, 3.63) is 53.6 Å². The molecule has 2 aromatic rings. The summed E-state index contributed by atoms with van der Waals surface area (Å²) in [5.41, 5.74) is 3.13. The largest absolute Gasteiger partial charge is 0.454 e. The molecule has 1 atom stereocenters. The lowest BCUT2D eigenvalue weighted by Gasteiger charge is -2.26. The Morgan fingerprint density at radius 1 is 1.14 bits per heavy atom. The number of thioether (sulfide) groups is 1. The molecule has 0 radical (unpaired) electrons. The summed E-state index contributed by atoms with van der Waals surface area (Å²) in [6.45, 7) is 2.29. The van der Waals surface area contributed by atoms with E-state index >= 15 is 0 Å². The SMILES string of the molecule is Cc1ccccc1N1C(=O)CSC1c1ccc2c(c1)OCO2. The van der Waals surface area contributed by atoms with Gasteiger partial charge in [-0.15, -0.1) is 11.8 Å². The zero-order valence-electron chi connectivity index (χ0n) is 12.1. The molecule has 22 heavy (non-hydrogen) atoms. The fourth-order valence-corrected chi connectivity index (χ4v) is 3.99. The highest BCUT2D eigenvalue weighted by molar-refractivity contribution is 8.00. The van der Waals surface area contributed by atoms with E-state index in [0.29, 0.717) is 5.75 Å². The van der Waals surface area contributed by atoms with E-state index in [9.17, 15) is 4.79 Å². The maximum atomic E-state index is 12.4. The van der Waals surface area contributed by atoms with Crippen molar-refractivity contribution in [2.24, 2.45) is 0 Å². The van der Waals surface area contributed by atoms with Crippen LogP contribution in [0, 0.1) is 6.92 Å². The number of benzene rings is 2. The van der Waals surface area contributed by atoms with Crippen molar-refractivity contribution in [2.75, 3.05) is 17.4 Å². The molecular formula is C17H15NO3S. The number of carbonyl (C=O) groups excluding carboxylic acids is 1. The molecule has 2 heterocycles. The molecule has 1 fully saturated rings. The highest BCUT2D eigenvalue weighted by atomic mass is 32.2. The van der Waals surface area contributed by atoms with Crippen LogP contribution in [-0.2, 0) is 4.79 Å². The minimum Gasteiger partial charge on any atom is -0.454 e. The number of nitrogens with zero attached hydrogens (tertiary/aromatic N) is 1. The molecule has 0 aliphatic carbocycles. The molecule has 4 nitrogen and oxygen atoms in total. The molecule has 0 N–H and O–H groups in total. The van der Waals surface area contributed by atoms with Gasteiger partial charge in [-0.3, -0.25) is 9.69 Å². The summed E-state index contributed by atoms with van der Waals surface area (Å²) >= 11 is 1.64. The number of amides is 1. The number of rotatable bonds is 2. The predicted molar refractivity (Wildman–Crippen MR) is 86.4 cm³/mol. The second kappa shape index (κ2) is 5.25. The van der Waals surface area contributed by atoms with E-state index in [2.05, 4.69) is 0 Å². The van der Waals surface area contributed by atoms with Gasteiger partial charge in [0.1, 0.15) is 5.37 Å². The topological polar surface area (TPSA) is 38.8 Å². The first kappa shape index (κ1) is 13.5. The number of carbonyl (C=O) groups is 1. The van der Waals surface area contributed by atoms with Gasteiger partial charge in [0, 0.05) is 5.69 Å². The second-order valence-corrected chi connectivity index (χ2v) is 6.39.